The molecule has 28 heavy (non-hydrogen) atoms. The Morgan fingerprint density at radius 1 is 1.18 bits per heavy atom. The Balaban J connectivity index is 1.67. The van der Waals surface area contributed by atoms with Gasteiger partial charge in [-0.25, -0.2) is 4.98 Å². The number of nitrogens with zero attached hydrogens (tertiary/aromatic N) is 2. The molecule has 1 atom stereocenters. The maximum atomic E-state index is 13.0. The Morgan fingerprint density at radius 3 is 2.68 bits per heavy atom. The highest BCUT2D eigenvalue weighted by atomic mass is 32.1. The molecule has 0 aliphatic rings. The van der Waals surface area contributed by atoms with E-state index in [0.29, 0.717) is 18.7 Å². The number of thiazole rings is 1. The van der Waals surface area contributed by atoms with Gasteiger partial charge in [0, 0.05) is 17.0 Å². The van der Waals surface area contributed by atoms with Crippen molar-refractivity contribution in [3.05, 3.63) is 81.8 Å². The predicted octanol–water partition coefficient (Wildman–Crippen LogP) is 5.47. The number of rotatable bonds is 8. The molecule has 1 aromatic heterocycles. The summed E-state index contributed by atoms with van der Waals surface area (Å²) in [5, 5.41) is 2.93. The quantitative estimate of drug-likeness (QED) is 0.509. The lowest BCUT2D eigenvalue weighted by Gasteiger charge is -2.28. The molecule has 5 heteroatoms. The van der Waals surface area contributed by atoms with Crippen molar-refractivity contribution >= 4 is 17.2 Å². The molecule has 0 bridgehead atoms. The molecule has 2 aromatic carbocycles. The van der Waals surface area contributed by atoms with Gasteiger partial charge in [-0.1, -0.05) is 37.3 Å². The van der Waals surface area contributed by atoms with Crippen molar-refractivity contribution in [1.82, 2.24) is 9.88 Å². The molecule has 4 nitrogen and oxygen atoms in total. The Morgan fingerprint density at radius 2 is 1.96 bits per heavy atom. The highest BCUT2D eigenvalue weighted by molar-refractivity contribution is 7.09. The van der Waals surface area contributed by atoms with Gasteiger partial charge in [-0.05, 0) is 50.1 Å². The summed E-state index contributed by atoms with van der Waals surface area (Å²) in [6.07, 6.45) is 0.895. The summed E-state index contributed by atoms with van der Waals surface area (Å²) in [5.74, 6) is 0.887. The SMILES string of the molecule is CC[C@@H](C)N(Cc1csc(COc2cccc(C)c2)n1)C(=O)c1ccccc1. The van der Waals surface area contributed by atoms with Crippen molar-refractivity contribution in [3.8, 4) is 5.75 Å². The van der Waals surface area contributed by atoms with Gasteiger partial charge in [0.2, 0.25) is 0 Å². The van der Waals surface area contributed by atoms with Gasteiger partial charge >= 0.3 is 0 Å². The Labute approximate surface area is 170 Å². The predicted molar refractivity (Wildman–Crippen MR) is 114 cm³/mol. The number of carbonyl (C=O) groups excluding carboxylic acids is 1. The van der Waals surface area contributed by atoms with Crippen LogP contribution in [0.1, 0.15) is 46.9 Å². The lowest BCUT2D eigenvalue weighted by atomic mass is 10.1. The average molecular weight is 395 g/mol. The molecule has 0 spiro atoms. The van der Waals surface area contributed by atoms with Crippen molar-refractivity contribution in [1.29, 1.82) is 0 Å². The molecule has 0 saturated heterocycles. The number of hydrogen-bond acceptors (Lipinski definition) is 4. The molecule has 0 radical (unpaired) electrons. The van der Waals surface area contributed by atoms with Crippen LogP contribution >= 0.6 is 11.3 Å². The number of hydrogen-bond donors (Lipinski definition) is 0. The first kappa shape index (κ1) is 20.1. The third kappa shape index (κ3) is 5.20. The third-order valence-corrected chi connectivity index (χ3v) is 5.56. The number of amides is 1. The van der Waals surface area contributed by atoms with Crippen LogP contribution in [0.5, 0.6) is 5.75 Å². The van der Waals surface area contributed by atoms with Crippen LogP contribution in [-0.2, 0) is 13.2 Å². The van der Waals surface area contributed by atoms with Crippen LogP contribution in [0.3, 0.4) is 0 Å². The summed E-state index contributed by atoms with van der Waals surface area (Å²) in [5.41, 5.74) is 2.78. The van der Waals surface area contributed by atoms with Gasteiger partial charge < -0.3 is 9.64 Å². The smallest absolute Gasteiger partial charge is 0.254 e. The Hall–Kier alpha value is -2.66. The van der Waals surface area contributed by atoms with E-state index in [-0.39, 0.29) is 11.9 Å². The number of ether oxygens (including phenoxy) is 1. The van der Waals surface area contributed by atoms with Crippen LogP contribution in [0.4, 0.5) is 0 Å². The van der Waals surface area contributed by atoms with E-state index < -0.39 is 0 Å². The summed E-state index contributed by atoms with van der Waals surface area (Å²) in [4.78, 5) is 19.6. The standard InChI is InChI=1S/C23H26N2O2S/c1-4-18(3)25(23(26)19-10-6-5-7-11-19)14-20-16-28-22(24-20)15-27-21-12-8-9-17(2)13-21/h5-13,16,18H,4,14-15H2,1-3H3/t18-/m1/s1. The molecule has 0 saturated carbocycles. The van der Waals surface area contributed by atoms with Gasteiger partial charge in [-0.2, -0.15) is 0 Å². The fourth-order valence-corrected chi connectivity index (χ4v) is 3.60. The van der Waals surface area contributed by atoms with Crippen molar-refractivity contribution < 1.29 is 9.53 Å². The normalized spacial score (nSPS) is 11.8. The van der Waals surface area contributed by atoms with Crippen molar-refractivity contribution in [3.63, 3.8) is 0 Å². The average Bonchev–Trinajstić information content (AvgIpc) is 3.18. The Kier molecular flexibility index (Phi) is 6.82. The number of carbonyl (C=O) groups is 1. The van der Waals surface area contributed by atoms with E-state index in [9.17, 15) is 4.79 Å². The number of aryl methyl sites for hydroxylation is 1. The maximum absolute atomic E-state index is 13.0. The topological polar surface area (TPSA) is 42.4 Å². The van der Waals surface area contributed by atoms with Crippen LogP contribution in [0, 0.1) is 6.92 Å². The first-order valence-corrected chi connectivity index (χ1v) is 10.4. The van der Waals surface area contributed by atoms with Crippen LogP contribution in [0.15, 0.2) is 60.0 Å². The summed E-state index contributed by atoms with van der Waals surface area (Å²) in [7, 11) is 0. The third-order valence-electron chi connectivity index (χ3n) is 4.69. The van der Waals surface area contributed by atoms with E-state index in [1.807, 2.05) is 71.8 Å². The fourth-order valence-electron chi connectivity index (χ4n) is 2.91. The molecule has 0 fully saturated rings. The molecule has 1 amide bonds. The maximum Gasteiger partial charge on any atom is 0.254 e. The van der Waals surface area contributed by atoms with Crippen LogP contribution < -0.4 is 4.74 Å². The second-order valence-corrected chi connectivity index (χ2v) is 7.84. The first-order chi connectivity index (χ1) is 13.6. The van der Waals surface area contributed by atoms with E-state index in [2.05, 4.69) is 18.8 Å². The second-order valence-electron chi connectivity index (χ2n) is 6.89. The summed E-state index contributed by atoms with van der Waals surface area (Å²) in [6.45, 7) is 7.16. The van der Waals surface area contributed by atoms with Crippen LogP contribution in [0.25, 0.3) is 0 Å². The highest BCUT2D eigenvalue weighted by Crippen LogP contribution is 2.19. The molecule has 146 valence electrons. The zero-order valence-corrected chi connectivity index (χ0v) is 17.4. The van der Waals surface area contributed by atoms with Gasteiger partial charge in [-0.3, -0.25) is 4.79 Å². The van der Waals surface area contributed by atoms with Gasteiger partial charge in [-0.15, -0.1) is 11.3 Å². The van der Waals surface area contributed by atoms with Crippen LogP contribution in [0.2, 0.25) is 0 Å². The van der Waals surface area contributed by atoms with Gasteiger partial charge in [0.15, 0.2) is 0 Å². The van der Waals surface area contributed by atoms with Gasteiger partial charge in [0.05, 0.1) is 12.2 Å². The minimum Gasteiger partial charge on any atom is -0.486 e. The molecule has 0 unspecified atom stereocenters. The molecule has 1 heterocycles. The van der Waals surface area contributed by atoms with Crippen molar-refractivity contribution in [2.24, 2.45) is 0 Å². The second kappa shape index (κ2) is 9.51. The molecule has 0 aliphatic carbocycles. The minimum atomic E-state index is 0.0421. The lowest BCUT2D eigenvalue weighted by molar-refractivity contribution is 0.0669. The zero-order chi connectivity index (χ0) is 19.9. The van der Waals surface area contributed by atoms with Crippen molar-refractivity contribution in [2.45, 2.75) is 46.4 Å². The Bertz CT molecular complexity index is 908. The molecule has 3 rings (SSSR count). The van der Waals surface area contributed by atoms with E-state index >= 15 is 0 Å². The van der Waals surface area contributed by atoms with E-state index in [1.165, 1.54) is 5.56 Å². The number of aromatic nitrogens is 1. The summed E-state index contributed by atoms with van der Waals surface area (Å²) >= 11 is 1.57. The van der Waals surface area contributed by atoms with Gasteiger partial charge in [0.1, 0.15) is 17.4 Å². The van der Waals surface area contributed by atoms with E-state index in [4.69, 9.17) is 4.74 Å². The van der Waals surface area contributed by atoms with Gasteiger partial charge in [0.25, 0.3) is 5.91 Å². The number of benzene rings is 2. The monoisotopic (exact) mass is 394 g/mol. The van der Waals surface area contributed by atoms with E-state index in [1.54, 1.807) is 11.3 Å². The highest BCUT2D eigenvalue weighted by Gasteiger charge is 2.21. The minimum absolute atomic E-state index is 0.0421. The largest absolute Gasteiger partial charge is 0.486 e. The van der Waals surface area contributed by atoms with Crippen LogP contribution in [-0.4, -0.2) is 21.8 Å². The molecule has 3 aromatic rings. The van der Waals surface area contributed by atoms with Crippen molar-refractivity contribution in [2.75, 3.05) is 0 Å². The molecular formula is C23H26N2O2S. The molecular weight excluding hydrogens is 368 g/mol. The lowest BCUT2D eigenvalue weighted by Crippen LogP contribution is -2.37. The summed E-state index contributed by atoms with van der Waals surface area (Å²) in [6, 6.07) is 17.6. The first-order valence-electron chi connectivity index (χ1n) is 9.55. The molecule has 0 aliphatic heterocycles. The zero-order valence-electron chi connectivity index (χ0n) is 16.6. The summed E-state index contributed by atoms with van der Waals surface area (Å²) < 4.78 is 5.84. The fraction of sp³-hybridized carbons (Fsp3) is 0.304. The molecule has 0 N–H and O–H groups in total. The van der Waals surface area contributed by atoms with E-state index in [0.717, 1.165) is 22.9 Å².